The number of nitrogens with two attached hydrogens (primary N) is 1. The van der Waals surface area contributed by atoms with Crippen molar-refractivity contribution in [2.75, 3.05) is 6.61 Å². The van der Waals surface area contributed by atoms with Crippen LogP contribution in [0, 0.1) is 0 Å². The van der Waals surface area contributed by atoms with Gasteiger partial charge in [-0.15, -0.1) is 0 Å². The van der Waals surface area contributed by atoms with E-state index in [1.165, 1.54) is 31.2 Å². The maximum absolute atomic E-state index is 6.38. The van der Waals surface area contributed by atoms with Gasteiger partial charge in [0.1, 0.15) is 5.75 Å². The molecule has 3 nitrogen and oxygen atoms in total. The van der Waals surface area contributed by atoms with Gasteiger partial charge in [-0.2, -0.15) is 0 Å². The van der Waals surface area contributed by atoms with Crippen molar-refractivity contribution >= 4 is 0 Å². The summed E-state index contributed by atoms with van der Waals surface area (Å²) in [5.41, 5.74) is 9.80. The highest BCUT2D eigenvalue weighted by Crippen LogP contribution is 2.31. The molecule has 0 heterocycles. The second-order valence-corrected chi connectivity index (χ2v) is 9.45. The average molecular weight is 412 g/mol. The number of benzene rings is 2. The van der Waals surface area contributed by atoms with Crippen molar-refractivity contribution in [2.24, 2.45) is 5.73 Å². The molecule has 0 aliphatic rings. The molecular formula is C27H41NO2. The predicted molar refractivity (Wildman–Crippen MR) is 127 cm³/mol. The van der Waals surface area contributed by atoms with Crippen molar-refractivity contribution in [3.8, 4) is 5.75 Å². The summed E-state index contributed by atoms with van der Waals surface area (Å²) < 4.78 is 12.1. The molecular weight excluding hydrogens is 370 g/mol. The molecule has 0 aromatic heterocycles. The molecule has 2 rings (SSSR count). The summed E-state index contributed by atoms with van der Waals surface area (Å²) in [6.45, 7) is 13.6. The summed E-state index contributed by atoms with van der Waals surface area (Å²) in [4.78, 5) is 0. The van der Waals surface area contributed by atoms with Crippen LogP contribution in [-0.2, 0) is 22.1 Å². The average Bonchev–Trinajstić information content (AvgIpc) is 2.68. The van der Waals surface area contributed by atoms with Crippen LogP contribution >= 0.6 is 0 Å². The van der Waals surface area contributed by atoms with Crippen molar-refractivity contribution in [1.82, 2.24) is 0 Å². The fourth-order valence-electron chi connectivity index (χ4n) is 3.92. The van der Waals surface area contributed by atoms with E-state index in [9.17, 15) is 0 Å². The number of unbranched alkanes of at least 4 members (excludes halogenated alkanes) is 2. The zero-order valence-electron chi connectivity index (χ0n) is 19.8. The molecule has 0 aliphatic heterocycles. The Labute approximate surface area is 184 Å². The highest BCUT2D eigenvalue weighted by molar-refractivity contribution is 5.34. The molecule has 0 saturated carbocycles. The number of rotatable bonds is 12. The van der Waals surface area contributed by atoms with Crippen LogP contribution in [0.4, 0.5) is 0 Å². The fraction of sp³-hybridized carbons (Fsp3) is 0.556. The van der Waals surface area contributed by atoms with Crippen molar-refractivity contribution in [3.63, 3.8) is 0 Å². The molecule has 3 heteroatoms. The second kappa shape index (κ2) is 11.0. The Kier molecular flexibility index (Phi) is 8.93. The van der Waals surface area contributed by atoms with E-state index in [4.69, 9.17) is 15.2 Å². The first-order valence-corrected chi connectivity index (χ1v) is 11.4. The van der Waals surface area contributed by atoms with Gasteiger partial charge < -0.3 is 15.2 Å². The summed E-state index contributed by atoms with van der Waals surface area (Å²) in [6, 6.07) is 16.8. The molecule has 0 fully saturated rings. The summed E-state index contributed by atoms with van der Waals surface area (Å²) in [5.74, 6) is 0.839. The molecule has 0 aliphatic carbocycles. The minimum Gasteiger partial charge on any atom is -0.465 e. The van der Waals surface area contributed by atoms with E-state index >= 15 is 0 Å². The molecule has 0 saturated heterocycles. The summed E-state index contributed by atoms with van der Waals surface area (Å²) in [5, 5.41) is 0. The third kappa shape index (κ3) is 7.14. The summed E-state index contributed by atoms with van der Waals surface area (Å²) >= 11 is 0. The Bertz CT molecular complexity index is 759. The van der Waals surface area contributed by atoms with Gasteiger partial charge in [0, 0.05) is 18.6 Å². The lowest BCUT2D eigenvalue weighted by molar-refractivity contribution is -0.0742. The third-order valence-electron chi connectivity index (χ3n) is 5.76. The van der Waals surface area contributed by atoms with Gasteiger partial charge in [-0.1, -0.05) is 76.4 Å². The van der Waals surface area contributed by atoms with E-state index in [-0.39, 0.29) is 11.7 Å². The molecule has 166 valence electrons. The van der Waals surface area contributed by atoms with Crippen LogP contribution < -0.4 is 10.5 Å². The van der Waals surface area contributed by atoms with Gasteiger partial charge in [0.2, 0.25) is 6.29 Å². The lowest BCUT2D eigenvalue weighted by Gasteiger charge is -2.27. The first-order chi connectivity index (χ1) is 14.2. The van der Waals surface area contributed by atoms with Gasteiger partial charge in [-0.3, -0.25) is 0 Å². The quantitative estimate of drug-likeness (QED) is 0.311. The lowest BCUT2D eigenvalue weighted by atomic mass is 9.80. The Morgan fingerprint density at radius 2 is 1.57 bits per heavy atom. The van der Waals surface area contributed by atoms with Gasteiger partial charge >= 0.3 is 0 Å². The molecule has 1 unspecified atom stereocenters. The van der Waals surface area contributed by atoms with Crippen LogP contribution in [0.25, 0.3) is 0 Å². The van der Waals surface area contributed by atoms with Gasteiger partial charge in [-0.05, 0) is 61.4 Å². The third-order valence-corrected chi connectivity index (χ3v) is 5.76. The van der Waals surface area contributed by atoms with Gasteiger partial charge in [-0.25, -0.2) is 0 Å². The highest BCUT2D eigenvalue weighted by atomic mass is 16.7. The van der Waals surface area contributed by atoms with Crippen LogP contribution in [0.3, 0.4) is 0 Å². The van der Waals surface area contributed by atoms with Crippen LogP contribution in [-0.4, -0.2) is 12.9 Å². The van der Waals surface area contributed by atoms with E-state index < -0.39 is 5.54 Å². The highest BCUT2D eigenvalue weighted by Gasteiger charge is 2.22. The van der Waals surface area contributed by atoms with Crippen molar-refractivity contribution in [1.29, 1.82) is 0 Å². The maximum Gasteiger partial charge on any atom is 0.203 e. The van der Waals surface area contributed by atoms with Crippen molar-refractivity contribution in [2.45, 2.75) is 90.9 Å². The minimum atomic E-state index is -0.404. The Hall–Kier alpha value is -1.84. The molecule has 0 spiro atoms. The Balaban J connectivity index is 2.11. The van der Waals surface area contributed by atoms with Crippen LogP contribution in [0.2, 0.25) is 0 Å². The SMILES string of the molecule is CCCCCC(C)(C)c1ccc(OC(Cc2ccccc2C(C)(C)N)OCC)cc1. The number of hydrogen-bond acceptors (Lipinski definition) is 3. The standard InChI is InChI=1S/C27H41NO2/c1-7-9-12-19-26(3,4)22-15-17-23(18-16-22)30-25(29-8-2)20-21-13-10-11-14-24(21)27(5,6)28/h10-11,13-18,25H,7-9,12,19-20,28H2,1-6H3. The molecule has 1 atom stereocenters. The Morgan fingerprint density at radius 3 is 2.17 bits per heavy atom. The minimum absolute atomic E-state index is 0.179. The van der Waals surface area contributed by atoms with Crippen LogP contribution in [0.15, 0.2) is 48.5 Å². The first kappa shape index (κ1) is 24.4. The summed E-state index contributed by atoms with van der Waals surface area (Å²) in [6.07, 6.45) is 5.34. The molecule has 30 heavy (non-hydrogen) atoms. The van der Waals surface area contributed by atoms with E-state index in [0.29, 0.717) is 13.0 Å². The second-order valence-electron chi connectivity index (χ2n) is 9.45. The number of hydrogen-bond donors (Lipinski definition) is 1. The number of ether oxygens (including phenoxy) is 2. The van der Waals surface area contributed by atoms with Gasteiger partial charge in [0.05, 0.1) is 0 Å². The molecule has 2 N–H and O–H groups in total. The largest absolute Gasteiger partial charge is 0.465 e. The van der Waals surface area contributed by atoms with E-state index in [1.807, 2.05) is 32.9 Å². The van der Waals surface area contributed by atoms with E-state index in [2.05, 4.69) is 57.2 Å². The normalized spacial score (nSPS) is 13.3. The molecule has 2 aromatic rings. The zero-order chi connectivity index (χ0) is 22.2. The topological polar surface area (TPSA) is 44.5 Å². The Morgan fingerprint density at radius 1 is 0.900 bits per heavy atom. The van der Waals surface area contributed by atoms with Gasteiger partial charge in [0.25, 0.3) is 0 Å². The molecule has 0 amide bonds. The first-order valence-electron chi connectivity index (χ1n) is 11.4. The molecule has 2 aromatic carbocycles. The zero-order valence-corrected chi connectivity index (χ0v) is 19.8. The van der Waals surface area contributed by atoms with Crippen molar-refractivity contribution in [3.05, 3.63) is 65.2 Å². The summed E-state index contributed by atoms with van der Waals surface area (Å²) in [7, 11) is 0. The fourth-order valence-corrected chi connectivity index (χ4v) is 3.92. The van der Waals surface area contributed by atoms with Crippen LogP contribution in [0.5, 0.6) is 5.75 Å². The van der Waals surface area contributed by atoms with Crippen LogP contribution in [0.1, 0.15) is 83.9 Å². The molecule has 0 radical (unpaired) electrons. The predicted octanol–water partition coefficient (Wildman–Crippen LogP) is 6.72. The molecule has 0 bridgehead atoms. The van der Waals surface area contributed by atoms with E-state index in [0.717, 1.165) is 16.9 Å². The van der Waals surface area contributed by atoms with E-state index in [1.54, 1.807) is 0 Å². The maximum atomic E-state index is 6.38. The smallest absolute Gasteiger partial charge is 0.203 e. The van der Waals surface area contributed by atoms with Crippen molar-refractivity contribution < 1.29 is 9.47 Å². The van der Waals surface area contributed by atoms with Gasteiger partial charge in [0.15, 0.2) is 0 Å². The lowest BCUT2D eigenvalue weighted by Crippen LogP contribution is -2.32. The monoisotopic (exact) mass is 411 g/mol.